The van der Waals surface area contributed by atoms with E-state index in [1.54, 1.807) is 11.3 Å². The van der Waals surface area contributed by atoms with Crippen molar-refractivity contribution in [2.45, 2.75) is 24.8 Å². The number of thioether (sulfide) groups is 1. The Morgan fingerprint density at radius 1 is 1.10 bits per heavy atom. The molecule has 4 heterocycles. The standard InChI is InChI=1S/C21H17N5OS2/c1-12-6-8-14(9-7-12)17-13(2)29-20-18(17)19(27)22-15(23-20)11-28-21-25-24-16-5-3-4-10-26(16)21/h3-10H,11H2,1-2H3,(H,22,23,27). The molecule has 29 heavy (non-hydrogen) atoms. The van der Waals surface area contributed by atoms with Crippen molar-refractivity contribution in [3.05, 3.63) is 75.3 Å². The zero-order valence-electron chi connectivity index (χ0n) is 15.8. The monoisotopic (exact) mass is 419 g/mol. The van der Waals surface area contributed by atoms with Gasteiger partial charge in [-0.3, -0.25) is 9.20 Å². The highest BCUT2D eigenvalue weighted by Gasteiger charge is 2.17. The predicted molar refractivity (Wildman–Crippen MR) is 118 cm³/mol. The highest BCUT2D eigenvalue weighted by molar-refractivity contribution is 7.98. The maximum Gasteiger partial charge on any atom is 0.260 e. The lowest BCUT2D eigenvalue weighted by molar-refractivity contribution is 0.917. The Balaban J connectivity index is 1.50. The van der Waals surface area contributed by atoms with Crippen LogP contribution in [0.5, 0.6) is 0 Å². The Morgan fingerprint density at radius 3 is 2.76 bits per heavy atom. The number of aromatic amines is 1. The average molecular weight is 420 g/mol. The summed E-state index contributed by atoms with van der Waals surface area (Å²) in [7, 11) is 0. The van der Waals surface area contributed by atoms with Gasteiger partial charge in [0.25, 0.3) is 5.56 Å². The van der Waals surface area contributed by atoms with Gasteiger partial charge in [0.2, 0.25) is 0 Å². The van der Waals surface area contributed by atoms with Gasteiger partial charge in [-0.15, -0.1) is 21.5 Å². The number of fused-ring (bicyclic) bond motifs is 2. The third-order valence-electron chi connectivity index (χ3n) is 4.75. The molecular weight excluding hydrogens is 402 g/mol. The van der Waals surface area contributed by atoms with E-state index >= 15 is 0 Å². The summed E-state index contributed by atoms with van der Waals surface area (Å²) < 4.78 is 1.92. The van der Waals surface area contributed by atoms with Gasteiger partial charge in [-0.25, -0.2) is 4.98 Å². The topological polar surface area (TPSA) is 75.9 Å². The van der Waals surface area contributed by atoms with Crippen molar-refractivity contribution in [3.8, 4) is 11.1 Å². The third kappa shape index (κ3) is 3.24. The van der Waals surface area contributed by atoms with Crippen LogP contribution in [0.2, 0.25) is 0 Å². The van der Waals surface area contributed by atoms with Crippen molar-refractivity contribution in [1.29, 1.82) is 0 Å². The quantitative estimate of drug-likeness (QED) is 0.431. The Bertz CT molecular complexity index is 1400. The first-order valence-corrected chi connectivity index (χ1v) is 10.9. The summed E-state index contributed by atoms with van der Waals surface area (Å²) in [6, 6.07) is 14.0. The smallest absolute Gasteiger partial charge is 0.260 e. The molecule has 5 rings (SSSR count). The zero-order chi connectivity index (χ0) is 20.0. The van der Waals surface area contributed by atoms with Gasteiger partial charge >= 0.3 is 0 Å². The van der Waals surface area contributed by atoms with E-state index in [0.29, 0.717) is 17.0 Å². The van der Waals surface area contributed by atoms with Crippen molar-refractivity contribution in [1.82, 2.24) is 24.6 Å². The fourth-order valence-corrected chi connectivity index (χ4v) is 5.21. The molecule has 8 heteroatoms. The van der Waals surface area contributed by atoms with E-state index < -0.39 is 0 Å². The molecule has 0 bridgehead atoms. The van der Waals surface area contributed by atoms with Crippen LogP contribution < -0.4 is 5.56 Å². The van der Waals surface area contributed by atoms with Gasteiger partial charge in [0.15, 0.2) is 10.8 Å². The van der Waals surface area contributed by atoms with Crippen LogP contribution in [0, 0.1) is 13.8 Å². The number of aromatic nitrogens is 5. The van der Waals surface area contributed by atoms with Crippen LogP contribution in [-0.2, 0) is 5.75 Å². The minimum Gasteiger partial charge on any atom is -0.309 e. The molecule has 0 atom stereocenters. The molecule has 5 aromatic rings. The summed E-state index contributed by atoms with van der Waals surface area (Å²) in [5.41, 5.74) is 3.91. The van der Waals surface area contributed by atoms with Gasteiger partial charge < -0.3 is 4.98 Å². The molecule has 6 nitrogen and oxygen atoms in total. The molecule has 0 spiro atoms. The number of rotatable bonds is 4. The Kier molecular flexibility index (Phi) is 4.44. The number of aryl methyl sites for hydroxylation is 2. The summed E-state index contributed by atoms with van der Waals surface area (Å²) >= 11 is 3.06. The van der Waals surface area contributed by atoms with Gasteiger partial charge in [-0.1, -0.05) is 47.7 Å². The summed E-state index contributed by atoms with van der Waals surface area (Å²) in [6.07, 6.45) is 1.92. The van der Waals surface area contributed by atoms with Gasteiger partial charge in [0.1, 0.15) is 10.7 Å². The lowest BCUT2D eigenvalue weighted by Crippen LogP contribution is -2.11. The minimum atomic E-state index is -0.100. The van der Waals surface area contributed by atoms with E-state index in [1.165, 1.54) is 17.3 Å². The maximum atomic E-state index is 12.9. The van der Waals surface area contributed by atoms with Crippen LogP contribution in [0.25, 0.3) is 27.0 Å². The van der Waals surface area contributed by atoms with E-state index in [1.807, 2.05) is 35.7 Å². The van der Waals surface area contributed by atoms with Gasteiger partial charge in [-0.05, 0) is 31.5 Å². The highest BCUT2D eigenvalue weighted by atomic mass is 32.2. The molecule has 0 radical (unpaired) electrons. The molecule has 0 unspecified atom stereocenters. The fourth-order valence-electron chi connectivity index (χ4n) is 3.35. The second-order valence-corrected chi connectivity index (χ2v) is 8.94. The molecule has 144 valence electrons. The van der Waals surface area contributed by atoms with Crippen molar-refractivity contribution in [2.75, 3.05) is 0 Å². The normalized spacial score (nSPS) is 11.5. The summed E-state index contributed by atoms with van der Waals surface area (Å²) in [5.74, 6) is 1.15. The first-order chi connectivity index (χ1) is 14.1. The van der Waals surface area contributed by atoms with E-state index in [-0.39, 0.29) is 5.56 Å². The SMILES string of the molecule is Cc1ccc(-c2c(C)sc3nc(CSc4nnc5ccccn45)[nH]c(=O)c23)cc1. The van der Waals surface area contributed by atoms with Crippen LogP contribution in [0.3, 0.4) is 0 Å². The summed E-state index contributed by atoms with van der Waals surface area (Å²) in [6.45, 7) is 4.09. The predicted octanol–water partition coefficient (Wildman–Crippen LogP) is 4.60. The first kappa shape index (κ1) is 18.1. The number of benzene rings is 1. The molecule has 0 saturated carbocycles. The van der Waals surface area contributed by atoms with E-state index in [2.05, 4.69) is 46.4 Å². The molecule has 1 aromatic carbocycles. The number of hydrogen-bond acceptors (Lipinski definition) is 6. The van der Waals surface area contributed by atoms with Crippen LogP contribution in [-0.4, -0.2) is 24.6 Å². The first-order valence-electron chi connectivity index (χ1n) is 9.12. The van der Waals surface area contributed by atoms with E-state index in [0.717, 1.165) is 31.6 Å². The number of thiophene rings is 1. The zero-order valence-corrected chi connectivity index (χ0v) is 17.5. The molecule has 0 amide bonds. The van der Waals surface area contributed by atoms with Crippen molar-refractivity contribution >= 4 is 39.0 Å². The second kappa shape index (κ2) is 7.13. The number of nitrogens with zero attached hydrogens (tertiary/aromatic N) is 4. The Hall–Kier alpha value is -2.97. The lowest BCUT2D eigenvalue weighted by Gasteiger charge is -2.03. The maximum absolute atomic E-state index is 12.9. The fraction of sp³-hybridized carbons (Fsp3) is 0.143. The second-order valence-electron chi connectivity index (χ2n) is 6.79. The molecule has 0 aliphatic carbocycles. The number of nitrogens with one attached hydrogen (secondary N) is 1. The molecule has 0 fully saturated rings. The molecule has 0 aliphatic heterocycles. The lowest BCUT2D eigenvalue weighted by atomic mass is 10.0. The van der Waals surface area contributed by atoms with Gasteiger partial charge in [0.05, 0.1) is 11.1 Å². The van der Waals surface area contributed by atoms with Crippen molar-refractivity contribution in [2.24, 2.45) is 0 Å². The molecular formula is C21H17N5OS2. The summed E-state index contributed by atoms with van der Waals surface area (Å²) in [4.78, 5) is 22.5. The van der Waals surface area contributed by atoms with Crippen LogP contribution in [0.15, 0.2) is 58.6 Å². The molecule has 0 saturated heterocycles. The van der Waals surface area contributed by atoms with Crippen LogP contribution in [0.4, 0.5) is 0 Å². The van der Waals surface area contributed by atoms with E-state index in [9.17, 15) is 4.79 Å². The van der Waals surface area contributed by atoms with Crippen molar-refractivity contribution < 1.29 is 0 Å². The van der Waals surface area contributed by atoms with Gasteiger partial charge in [0, 0.05) is 16.6 Å². The number of hydrogen-bond donors (Lipinski definition) is 1. The Labute approximate surface area is 174 Å². The highest BCUT2D eigenvalue weighted by Crippen LogP contribution is 2.35. The van der Waals surface area contributed by atoms with Gasteiger partial charge in [-0.2, -0.15) is 0 Å². The number of pyridine rings is 1. The average Bonchev–Trinajstić information content (AvgIpc) is 3.28. The molecule has 0 aliphatic rings. The minimum absolute atomic E-state index is 0.100. The van der Waals surface area contributed by atoms with Crippen LogP contribution in [0.1, 0.15) is 16.3 Å². The van der Waals surface area contributed by atoms with Crippen LogP contribution >= 0.6 is 23.1 Å². The van der Waals surface area contributed by atoms with Crippen molar-refractivity contribution in [3.63, 3.8) is 0 Å². The molecule has 4 aromatic heterocycles. The summed E-state index contributed by atoms with van der Waals surface area (Å²) in [5, 5.41) is 9.81. The van der Waals surface area contributed by atoms with E-state index in [4.69, 9.17) is 4.98 Å². The third-order valence-corrected chi connectivity index (χ3v) is 6.70. The molecule has 1 N–H and O–H groups in total. The Morgan fingerprint density at radius 2 is 1.93 bits per heavy atom. The largest absolute Gasteiger partial charge is 0.309 e. The number of H-pyrrole nitrogens is 1.